The third-order valence-corrected chi connectivity index (χ3v) is 4.10. The van der Waals surface area contributed by atoms with Crippen LogP contribution in [0.3, 0.4) is 0 Å². The van der Waals surface area contributed by atoms with Gasteiger partial charge in [0, 0.05) is 12.1 Å². The lowest BCUT2D eigenvalue weighted by Gasteiger charge is -2.10. The Morgan fingerprint density at radius 3 is 2.04 bits per heavy atom. The van der Waals surface area contributed by atoms with Gasteiger partial charge in [-0.15, -0.1) is 0 Å². The number of benzene rings is 1. The molecule has 25 heavy (non-hydrogen) atoms. The predicted octanol–water partition coefficient (Wildman–Crippen LogP) is 6.11. The van der Waals surface area contributed by atoms with Gasteiger partial charge in [0.15, 0.2) is 0 Å². The summed E-state index contributed by atoms with van der Waals surface area (Å²) in [6.45, 7) is 2.63. The number of hydrogen-bond acceptors (Lipinski definition) is 1. The van der Waals surface area contributed by atoms with Gasteiger partial charge in [0.25, 0.3) is 5.91 Å². The van der Waals surface area contributed by atoms with Crippen LogP contribution < -0.4 is 5.32 Å². The Kier molecular flexibility index (Phi) is 9.53. The van der Waals surface area contributed by atoms with Crippen molar-refractivity contribution in [2.24, 2.45) is 0 Å². The number of nitrogens with one attached hydrogen (secondary N) is 1. The van der Waals surface area contributed by atoms with Crippen LogP contribution in [0.25, 0.3) is 0 Å². The molecule has 0 aliphatic heterocycles. The standard InChI is InChI=1S/C19H27F4NO/c1-2-3-4-5-6-7-8-9-10-13-24-18(25)15-11-12-16(17(20)14-15)19(21,22)23/h11-12,14H,2-10,13H2,1H3,(H,24,25). The van der Waals surface area contributed by atoms with Crippen molar-refractivity contribution in [1.82, 2.24) is 5.32 Å². The van der Waals surface area contributed by atoms with Gasteiger partial charge < -0.3 is 5.32 Å². The number of carbonyl (C=O) groups is 1. The Bertz CT molecular complexity index is 529. The maximum Gasteiger partial charge on any atom is 0.419 e. The molecule has 2 nitrogen and oxygen atoms in total. The highest BCUT2D eigenvalue weighted by molar-refractivity contribution is 5.94. The molecule has 0 unspecified atom stereocenters. The van der Waals surface area contributed by atoms with Crippen molar-refractivity contribution in [2.45, 2.75) is 70.9 Å². The van der Waals surface area contributed by atoms with Crippen LogP contribution in [0.4, 0.5) is 17.6 Å². The van der Waals surface area contributed by atoms with Gasteiger partial charge in [0.2, 0.25) is 0 Å². The molecule has 0 saturated carbocycles. The summed E-state index contributed by atoms with van der Waals surface area (Å²) in [5.41, 5.74) is -1.45. The largest absolute Gasteiger partial charge is 0.419 e. The van der Waals surface area contributed by atoms with E-state index in [1.54, 1.807) is 0 Å². The van der Waals surface area contributed by atoms with E-state index in [0.29, 0.717) is 18.7 Å². The molecule has 0 aliphatic rings. The summed E-state index contributed by atoms with van der Waals surface area (Å²) >= 11 is 0. The number of unbranched alkanes of at least 4 members (excludes halogenated alkanes) is 8. The van der Waals surface area contributed by atoms with Gasteiger partial charge in [-0.1, -0.05) is 58.3 Å². The average Bonchev–Trinajstić information content (AvgIpc) is 2.55. The molecular formula is C19H27F4NO. The first kappa shape index (κ1) is 21.5. The van der Waals surface area contributed by atoms with E-state index >= 15 is 0 Å². The Labute approximate surface area is 147 Å². The van der Waals surface area contributed by atoms with Crippen LogP contribution >= 0.6 is 0 Å². The SMILES string of the molecule is CCCCCCCCCCCNC(=O)c1ccc(C(F)(F)F)c(F)c1. The average molecular weight is 361 g/mol. The summed E-state index contributed by atoms with van der Waals surface area (Å²) in [7, 11) is 0. The molecule has 0 saturated heterocycles. The summed E-state index contributed by atoms with van der Waals surface area (Å²) in [5.74, 6) is -1.98. The smallest absolute Gasteiger partial charge is 0.352 e. The molecule has 1 rings (SSSR count). The second-order valence-corrected chi connectivity index (χ2v) is 6.28. The van der Waals surface area contributed by atoms with Crippen molar-refractivity contribution in [3.63, 3.8) is 0 Å². The molecule has 1 aromatic rings. The molecule has 1 aromatic carbocycles. The van der Waals surface area contributed by atoms with Gasteiger partial charge in [-0.25, -0.2) is 4.39 Å². The normalized spacial score (nSPS) is 11.6. The second-order valence-electron chi connectivity index (χ2n) is 6.28. The van der Waals surface area contributed by atoms with E-state index in [2.05, 4.69) is 12.2 Å². The third kappa shape index (κ3) is 8.36. The number of rotatable bonds is 11. The number of carbonyl (C=O) groups excluding carboxylic acids is 1. The highest BCUT2D eigenvalue weighted by Gasteiger charge is 2.34. The fourth-order valence-electron chi connectivity index (χ4n) is 2.63. The lowest BCUT2D eigenvalue weighted by atomic mass is 10.1. The fourth-order valence-corrected chi connectivity index (χ4v) is 2.63. The van der Waals surface area contributed by atoms with E-state index in [9.17, 15) is 22.4 Å². The van der Waals surface area contributed by atoms with Gasteiger partial charge >= 0.3 is 6.18 Å². The van der Waals surface area contributed by atoms with Crippen LogP contribution in [-0.2, 0) is 6.18 Å². The molecule has 0 aromatic heterocycles. The molecule has 142 valence electrons. The second kappa shape index (κ2) is 11.1. The lowest BCUT2D eigenvalue weighted by Crippen LogP contribution is -2.24. The first-order chi connectivity index (χ1) is 11.9. The van der Waals surface area contributed by atoms with E-state index in [-0.39, 0.29) is 5.56 Å². The summed E-state index contributed by atoms with van der Waals surface area (Å²) in [6, 6.07) is 2.23. The Morgan fingerprint density at radius 1 is 0.960 bits per heavy atom. The lowest BCUT2D eigenvalue weighted by molar-refractivity contribution is -0.140. The molecule has 0 fully saturated rings. The minimum atomic E-state index is -4.75. The molecule has 6 heteroatoms. The highest BCUT2D eigenvalue weighted by atomic mass is 19.4. The van der Waals surface area contributed by atoms with Crippen molar-refractivity contribution in [3.8, 4) is 0 Å². The van der Waals surface area contributed by atoms with E-state index < -0.39 is 23.5 Å². The highest BCUT2D eigenvalue weighted by Crippen LogP contribution is 2.31. The molecule has 1 N–H and O–H groups in total. The molecule has 0 radical (unpaired) electrons. The van der Waals surface area contributed by atoms with Crippen molar-refractivity contribution >= 4 is 5.91 Å². The van der Waals surface area contributed by atoms with E-state index in [0.717, 1.165) is 25.3 Å². The molecule has 0 spiro atoms. The van der Waals surface area contributed by atoms with E-state index in [4.69, 9.17) is 0 Å². The topological polar surface area (TPSA) is 29.1 Å². The van der Waals surface area contributed by atoms with E-state index in [1.165, 1.54) is 38.5 Å². The van der Waals surface area contributed by atoms with Crippen molar-refractivity contribution in [1.29, 1.82) is 0 Å². The molecule has 1 amide bonds. The number of alkyl halides is 3. The number of amides is 1. The number of halogens is 4. The summed E-state index contributed by atoms with van der Waals surface area (Å²) < 4.78 is 50.9. The zero-order valence-corrected chi connectivity index (χ0v) is 14.7. The van der Waals surface area contributed by atoms with Crippen molar-refractivity contribution in [2.75, 3.05) is 6.54 Å². The van der Waals surface area contributed by atoms with Crippen LogP contribution in [0.15, 0.2) is 18.2 Å². The van der Waals surface area contributed by atoms with Gasteiger partial charge in [0.05, 0.1) is 5.56 Å². The summed E-state index contributed by atoms with van der Waals surface area (Å²) in [6.07, 6.45) is 5.66. The number of hydrogen-bond donors (Lipinski definition) is 1. The molecule has 0 bridgehead atoms. The minimum Gasteiger partial charge on any atom is -0.352 e. The first-order valence-corrected chi connectivity index (χ1v) is 9.01. The van der Waals surface area contributed by atoms with E-state index in [1.807, 2.05) is 0 Å². The molecule has 0 atom stereocenters. The van der Waals surface area contributed by atoms with Crippen LogP contribution in [0, 0.1) is 5.82 Å². The summed E-state index contributed by atoms with van der Waals surface area (Å²) in [5, 5.41) is 2.62. The Morgan fingerprint density at radius 2 is 1.52 bits per heavy atom. The van der Waals surface area contributed by atoms with Crippen molar-refractivity contribution in [3.05, 3.63) is 35.1 Å². The van der Waals surface area contributed by atoms with Crippen LogP contribution in [0.1, 0.15) is 80.6 Å². The van der Waals surface area contributed by atoms with Gasteiger partial charge in [-0.05, 0) is 24.6 Å². The van der Waals surface area contributed by atoms with Crippen LogP contribution in [-0.4, -0.2) is 12.5 Å². The van der Waals surface area contributed by atoms with Gasteiger partial charge in [-0.3, -0.25) is 4.79 Å². The van der Waals surface area contributed by atoms with Crippen LogP contribution in [0.5, 0.6) is 0 Å². The first-order valence-electron chi connectivity index (χ1n) is 9.01. The monoisotopic (exact) mass is 361 g/mol. The Balaban J connectivity index is 2.22. The maximum absolute atomic E-state index is 13.4. The summed E-state index contributed by atoms with van der Waals surface area (Å²) in [4.78, 5) is 11.8. The molecule has 0 aliphatic carbocycles. The van der Waals surface area contributed by atoms with Gasteiger partial charge in [0.1, 0.15) is 5.82 Å². The zero-order valence-electron chi connectivity index (χ0n) is 14.7. The Hall–Kier alpha value is -1.59. The predicted molar refractivity (Wildman–Crippen MR) is 91.0 cm³/mol. The quantitative estimate of drug-likeness (QED) is 0.374. The van der Waals surface area contributed by atoms with Gasteiger partial charge in [-0.2, -0.15) is 13.2 Å². The molecule has 0 heterocycles. The maximum atomic E-state index is 13.4. The van der Waals surface area contributed by atoms with Crippen molar-refractivity contribution < 1.29 is 22.4 Å². The zero-order chi connectivity index (χ0) is 18.7. The fraction of sp³-hybridized carbons (Fsp3) is 0.632. The van der Waals surface area contributed by atoms with Crippen LogP contribution in [0.2, 0.25) is 0 Å². The molecular weight excluding hydrogens is 334 g/mol. The third-order valence-electron chi connectivity index (χ3n) is 4.10. The minimum absolute atomic E-state index is 0.0959.